The molecule has 1 aliphatic heterocycles. The zero-order valence-corrected chi connectivity index (χ0v) is 21.5. The normalized spacial score (nSPS) is 16.5. The van der Waals surface area contributed by atoms with Gasteiger partial charge in [0.15, 0.2) is 17.4 Å². The standard InChI is InChI=1S/C30H29F3N2O4/c1-2-38-27-25(32)23(16-24(31)26(27)33)28(36)34-20-17-30(18-20)12-14-35(15-13-30)29(37)19-8-10-22(11-9-19)39-21-6-4-3-5-7-21/h3-11,16,20H,2,12-15,17-18H2,1H3,(H,34,36). The van der Waals surface area contributed by atoms with Crippen molar-refractivity contribution in [3.63, 3.8) is 0 Å². The molecule has 6 nitrogen and oxygen atoms in total. The van der Waals surface area contributed by atoms with Gasteiger partial charge >= 0.3 is 0 Å². The number of para-hydroxylation sites is 1. The number of amides is 2. The topological polar surface area (TPSA) is 67.9 Å². The molecule has 3 aromatic rings. The highest BCUT2D eigenvalue weighted by Gasteiger charge is 2.47. The van der Waals surface area contributed by atoms with Crippen LogP contribution >= 0.6 is 0 Å². The van der Waals surface area contributed by atoms with Crippen LogP contribution in [0.3, 0.4) is 0 Å². The van der Waals surface area contributed by atoms with Gasteiger partial charge in [0.25, 0.3) is 11.8 Å². The molecule has 1 spiro atoms. The molecule has 0 bridgehead atoms. The summed E-state index contributed by atoms with van der Waals surface area (Å²) in [6, 6.07) is 16.8. The van der Waals surface area contributed by atoms with Crippen molar-refractivity contribution in [1.29, 1.82) is 0 Å². The van der Waals surface area contributed by atoms with Gasteiger partial charge in [-0.3, -0.25) is 9.59 Å². The summed E-state index contributed by atoms with van der Waals surface area (Å²) in [5.41, 5.74) is -0.00505. The summed E-state index contributed by atoms with van der Waals surface area (Å²) < 4.78 is 53.0. The Labute approximate surface area is 224 Å². The van der Waals surface area contributed by atoms with E-state index >= 15 is 0 Å². The van der Waals surface area contributed by atoms with Crippen molar-refractivity contribution in [2.75, 3.05) is 19.7 Å². The molecule has 9 heteroatoms. The Hall–Kier alpha value is -4.01. The summed E-state index contributed by atoms with van der Waals surface area (Å²) in [5.74, 6) is -4.37. The van der Waals surface area contributed by atoms with E-state index in [1.165, 1.54) is 6.92 Å². The molecule has 39 heavy (non-hydrogen) atoms. The Bertz CT molecular complexity index is 1350. The molecule has 2 amide bonds. The number of nitrogens with zero attached hydrogens (tertiary/aromatic N) is 1. The van der Waals surface area contributed by atoms with Crippen LogP contribution in [0.4, 0.5) is 13.2 Å². The number of rotatable bonds is 7. The van der Waals surface area contributed by atoms with E-state index in [0.29, 0.717) is 43.3 Å². The van der Waals surface area contributed by atoms with Gasteiger partial charge in [-0.25, -0.2) is 8.78 Å². The van der Waals surface area contributed by atoms with Gasteiger partial charge in [0.05, 0.1) is 12.2 Å². The largest absolute Gasteiger partial charge is 0.488 e. The maximum Gasteiger partial charge on any atom is 0.254 e. The van der Waals surface area contributed by atoms with Gasteiger partial charge in [-0.15, -0.1) is 0 Å². The van der Waals surface area contributed by atoms with Crippen LogP contribution in [-0.4, -0.2) is 42.5 Å². The molecule has 1 saturated carbocycles. The Morgan fingerprint density at radius 2 is 1.59 bits per heavy atom. The fourth-order valence-corrected chi connectivity index (χ4v) is 5.43. The van der Waals surface area contributed by atoms with Crippen LogP contribution in [0.1, 0.15) is 53.3 Å². The quantitative estimate of drug-likeness (QED) is 0.369. The lowest BCUT2D eigenvalue weighted by atomic mass is 9.60. The SMILES string of the molecule is CCOc1c(F)c(F)cc(C(=O)NC2CC3(CCN(C(=O)c4ccc(Oc5ccccc5)cc4)CC3)C2)c1F. The third-order valence-corrected chi connectivity index (χ3v) is 7.53. The van der Waals surface area contributed by atoms with E-state index in [9.17, 15) is 22.8 Å². The van der Waals surface area contributed by atoms with E-state index in [1.54, 1.807) is 24.3 Å². The Balaban J connectivity index is 1.12. The van der Waals surface area contributed by atoms with Gasteiger partial charge in [0, 0.05) is 24.7 Å². The summed E-state index contributed by atoms with van der Waals surface area (Å²) in [5, 5.41) is 2.73. The van der Waals surface area contributed by atoms with Crippen molar-refractivity contribution < 1.29 is 32.2 Å². The molecule has 0 atom stereocenters. The summed E-state index contributed by atoms with van der Waals surface area (Å²) in [7, 11) is 0. The zero-order chi connectivity index (χ0) is 27.6. The minimum Gasteiger partial charge on any atom is -0.488 e. The summed E-state index contributed by atoms with van der Waals surface area (Å²) in [6.45, 7) is 2.62. The van der Waals surface area contributed by atoms with E-state index in [1.807, 2.05) is 35.2 Å². The molecule has 2 fully saturated rings. The van der Waals surface area contributed by atoms with Crippen LogP contribution in [0.2, 0.25) is 0 Å². The van der Waals surface area contributed by atoms with E-state index in [2.05, 4.69) is 5.32 Å². The number of benzene rings is 3. The van der Waals surface area contributed by atoms with E-state index < -0.39 is 34.7 Å². The number of halogens is 3. The zero-order valence-electron chi connectivity index (χ0n) is 21.5. The van der Waals surface area contributed by atoms with Gasteiger partial charge in [0.2, 0.25) is 5.82 Å². The number of hydrogen-bond donors (Lipinski definition) is 1. The molecule has 3 aromatic carbocycles. The van der Waals surface area contributed by atoms with Gasteiger partial charge < -0.3 is 19.7 Å². The predicted molar refractivity (Wildman–Crippen MR) is 139 cm³/mol. The average molecular weight is 539 g/mol. The minimum atomic E-state index is -1.45. The lowest BCUT2D eigenvalue weighted by Gasteiger charge is -2.52. The summed E-state index contributed by atoms with van der Waals surface area (Å²) in [4.78, 5) is 27.5. The first kappa shape index (κ1) is 26.6. The second-order valence-corrected chi connectivity index (χ2v) is 10.1. The highest BCUT2D eigenvalue weighted by atomic mass is 19.2. The Morgan fingerprint density at radius 3 is 2.23 bits per heavy atom. The average Bonchev–Trinajstić information content (AvgIpc) is 2.93. The molecular formula is C30H29F3N2O4. The first-order valence-corrected chi connectivity index (χ1v) is 13.0. The highest BCUT2D eigenvalue weighted by molar-refractivity contribution is 5.95. The van der Waals surface area contributed by atoms with Crippen LogP contribution in [0, 0.1) is 22.9 Å². The van der Waals surface area contributed by atoms with Crippen molar-refractivity contribution in [2.24, 2.45) is 5.41 Å². The second kappa shape index (κ2) is 11.0. The third-order valence-electron chi connectivity index (χ3n) is 7.53. The first-order valence-electron chi connectivity index (χ1n) is 13.0. The number of hydrogen-bond acceptors (Lipinski definition) is 4. The van der Waals surface area contributed by atoms with Gasteiger partial charge in [0.1, 0.15) is 11.5 Å². The fraction of sp³-hybridized carbons (Fsp3) is 0.333. The monoisotopic (exact) mass is 538 g/mol. The van der Waals surface area contributed by atoms with E-state index in [4.69, 9.17) is 9.47 Å². The van der Waals surface area contributed by atoms with Crippen molar-refractivity contribution in [2.45, 2.75) is 38.6 Å². The van der Waals surface area contributed by atoms with Crippen molar-refractivity contribution in [3.8, 4) is 17.2 Å². The van der Waals surface area contributed by atoms with Crippen LogP contribution in [0.25, 0.3) is 0 Å². The number of piperidine rings is 1. The number of likely N-dealkylation sites (tertiary alicyclic amines) is 1. The fourth-order valence-electron chi connectivity index (χ4n) is 5.43. The molecule has 1 saturated heterocycles. The van der Waals surface area contributed by atoms with Gasteiger partial charge in [-0.2, -0.15) is 4.39 Å². The van der Waals surface area contributed by atoms with Crippen molar-refractivity contribution in [1.82, 2.24) is 10.2 Å². The van der Waals surface area contributed by atoms with E-state index in [0.717, 1.165) is 18.6 Å². The van der Waals surface area contributed by atoms with Crippen LogP contribution in [0.5, 0.6) is 17.2 Å². The summed E-state index contributed by atoms with van der Waals surface area (Å²) in [6.07, 6.45) is 2.93. The Kier molecular flexibility index (Phi) is 7.50. The molecule has 0 aromatic heterocycles. The van der Waals surface area contributed by atoms with Crippen LogP contribution in [0.15, 0.2) is 60.7 Å². The first-order chi connectivity index (χ1) is 18.8. The molecule has 204 valence electrons. The third kappa shape index (κ3) is 5.57. The van der Waals surface area contributed by atoms with Gasteiger partial charge in [-0.05, 0) is 80.5 Å². The molecule has 0 unspecified atom stereocenters. The van der Waals surface area contributed by atoms with Crippen LogP contribution < -0.4 is 14.8 Å². The highest BCUT2D eigenvalue weighted by Crippen LogP contribution is 2.49. The number of carbonyl (C=O) groups excluding carboxylic acids is 2. The molecule has 5 rings (SSSR count). The van der Waals surface area contributed by atoms with E-state index in [-0.39, 0.29) is 24.0 Å². The predicted octanol–water partition coefficient (Wildman–Crippen LogP) is 6.11. The summed E-state index contributed by atoms with van der Waals surface area (Å²) >= 11 is 0. The maximum absolute atomic E-state index is 14.6. The van der Waals surface area contributed by atoms with Crippen molar-refractivity contribution in [3.05, 3.63) is 89.2 Å². The molecule has 1 N–H and O–H groups in total. The lowest BCUT2D eigenvalue weighted by Crippen LogP contribution is -2.55. The molecular weight excluding hydrogens is 509 g/mol. The molecule has 1 heterocycles. The molecule has 1 aliphatic carbocycles. The maximum atomic E-state index is 14.6. The van der Waals surface area contributed by atoms with Crippen LogP contribution in [-0.2, 0) is 0 Å². The Morgan fingerprint density at radius 1 is 0.949 bits per heavy atom. The number of ether oxygens (including phenoxy) is 2. The molecule has 2 aliphatic rings. The molecule has 0 radical (unpaired) electrons. The number of carbonyl (C=O) groups is 2. The smallest absolute Gasteiger partial charge is 0.254 e. The second-order valence-electron chi connectivity index (χ2n) is 10.1. The van der Waals surface area contributed by atoms with Gasteiger partial charge in [-0.1, -0.05) is 18.2 Å². The minimum absolute atomic E-state index is 0.00875. The van der Waals surface area contributed by atoms with Crippen molar-refractivity contribution >= 4 is 11.8 Å². The number of nitrogens with one attached hydrogen (secondary N) is 1. The lowest BCUT2D eigenvalue weighted by molar-refractivity contribution is 0.00858.